The van der Waals surface area contributed by atoms with E-state index in [1.165, 1.54) is 58.7 Å². The maximum absolute atomic E-state index is 5.42. The molecular weight excluding hydrogens is 214 g/mol. The van der Waals surface area contributed by atoms with Crippen molar-refractivity contribution in [1.29, 1.82) is 0 Å². The lowest BCUT2D eigenvalue weighted by molar-refractivity contribution is -0.00260. The minimum absolute atomic E-state index is 0.844. The minimum Gasteiger partial charge on any atom is -0.381 e. The number of ether oxygens (including phenoxy) is 1. The van der Waals surface area contributed by atoms with E-state index in [4.69, 9.17) is 4.74 Å². The zero-order valence-corrected chi connectivity index (χ0v) is 10.7. The Kier molecular flexibility index (Phi) is 3.96. The van der Waals surface area contributed by atoms with Crippen LogP contribution in [0, 0.1) is 5.92 Å². The van der Waals surface area contributed by atoms with Gasteiger partial charge in [0.1, 0.15) is 0 Å². The Balaban J connectivity index is 1.36. The van der Waals surface area contributed by atoms with E-state index in [1.54, 1.807) is 0 Å². The van der Waals surface area contributed by atoms with Gasteiger partial charge in [0.25, 0.3) is 0 Å². The summed E-state index contributed by atoms with van der Waals surface area (Å²) in [6, 6.07) is 0.844. The summed E-state index contributed by atoms with van der Waals surface area (Å²) in [5.74, 6) is 0.896. The Labute approximate surface area is 104 Å². The SMILES string of the molecule is C1CN(C2CN(CC3CCOCC3)C2)CCN1. The monoisotopic (exact) mass is 239 g/mol. The number of likely N-dealkylation sites (tertiary alicyclic amines) is 1. The largest absolute Gasteiger partial charge is 0.381 e. The van der Waals surface area contributed by atoms with Crippen LogP contribution in [0.1, 0.15) is 12.8 Å². The number of piperazine rings is 1. The second kappa shape index (κ2) is 5.65. The summed E-state index contributed by atoms with van der Waals surface area (Å²) in [5.41, 5.74) is 0. The predicted octanol–water partition coefficient (Wildman–Crippen LogP) is 0.00240. The third-order valence-electron chi connectivity index (χ3n) is 4.46. The first-order valence-corrected chi connectivity index (χ1v) is 7.17. The molecule has 0 aromatic heterocycles. The van der Waals surface area contributed by atoms with Gasteiger partial charge in [0.15, 0.2) is 0 Å². The van der Waals surface area contributed by atoms with E-state index in [2.05, 4.69) is 15.1 Å². The fourth-order valence-corrected chi connectivity index (χ4v) is 3.26. The van der Waals surface area contributed by atoms with Crippen molar-refractivity contribution in [2.75, 3.05) is 59.0 Å². The maximum Gasteiger partial charge on any atom is 0.0469 e. The molecule has 0 radical (unpaired) electrons. The van der Waals surface area contributed by atoms with Gasteiger partial charge >= 0.3 is 0 Å². The van der Waals surface area contributed by atoms with Gasteiger partial charge in [-0.15, -0.1) is 0 Å². The van der Waals surface area contributed by atoms with E-state index in [1.807, 2.05) is 0 Å². The Hall–Kier alpha value is -0.160. The van der Waals surface area contributed by atoms with E-state index in [-0.39, 0.29) is 0 Å². The van der Waals surface area contributed by atoms with Gasteiger partial charge in [0.2, 0.25) is 0 Å². The standard InChI is InChI=1S/C13H25N3O/c1-7-17-8-2-12(1)9-15-10-13(11-15)16-5-3-14-4-6-16/h12-14H,1-11H2. The van der Waals surface area contributed by atoms with Crippen molar-refractivity contribution in [3.8, 4) is 0 Å². The van der Waals surface area contributed by atoms with Crippen molar-refractivity contribution in [2.45, 2.75) is 18.9 Å². The van der Waals surface area contributed by atoms with Crippen molar-refractivity contribution < 1.29 is 4.74 Å². The highest BCUT2D eigenvalue weighted by Gasteiger charge is 2.33. The van der Waals surface area contributed by atoms with Crippen LogP contribution in [-0.4, -0.2) is 74.9 Å². The first kappa shape index (κ1) is 11.9. The Morgan fingerprint density at radius 1 is 1.06 bits per heavy atom. The summed E-state index contributed by atoms with van der Waals surface area (Å²) in [7, 11) is 0. The van der Waals surface area contributed by atoms with E-state index >= 15 is 0 Å². The molecule has 3 rings (SSSR count). The highest BCUT2D eigenvalue weighted by atomic mass is 16.5. The van der Waals surface area contributed by atoms with Gasteiger partial charge in [-0.25, -0.2) is 0 Å². The molecule has 3 aliphatic heterocycles. The molecular formula is C13H25N3O. The van der Waals surface area contributed by atoms with Gasteiger partial charge in [-0.05, 0) is 18.8 Å². The second-order valence-electron chi connectivity index (χ2n) is 5.71. The summed E-state index contributed by atoms with van der Waals surface area (Å²) in [5, 5.41) is 3.43. The molecule has 3 aliphatic rings. The molecule has 3 heterocycles. The van der Waals surface area contributed by atoms with E-state index in [9.17, 15) is 0 Å². The van der Waals surface area contributed by atoms with Gasteiger partial charge in [-0.3, -0.25) is 9.80 Å². The van der Waals surface area contributed by atoms with Crippen LogP contribution < -0.4 is 5.32 Å². The van der Waals surface area contributed by atoms with Crippen molar-refractivity contribution >= 4 is 0 Å². The fraction of sp³-hybridized carbons (Fsp3) is 1.00. The maximum atomic E-state index is 5.42. The third kappa shape index (κ3) is 2.99. The Bertz CT molecular complexity index is 231. The Morgan fingerprint density at radius 3 is 2.47 bits per heavy atom. The average molecular weight is 239 g/mol. The highest BCUT2D eigenvalue weighted by molar-refractivity contribution is 4.90. The smallest absolute Gasteiger partial charge is 0.0469 e. The van der Waals surface area contributed by atoms with Crippen LogP contribution in [0.5, 0.6) is 0 Å². The lowest BCUT2D eigenvalue weighted by Crippen LogP contribution is -2.63. The van der Waals surface area contributed by atoms with Crippen LogP contribution in [0.25, 0.3) is 0 Å². The van der Waals surface area contributed by atoms with Gasteiger partial charge < -0.3 is 10.1 Å². The van der Waals surface area contributed by atoms with Crippen molar-refractivity contribution in [3.63, 3.8) is 0 Å². The fourth-order valence-electron chi connectivity index (χ4n) is 3.26. The van der Waals surface area contributed by atoms with Crippen molar-refractivity contribution in [3.05, 3.63) is 0 Å². The van der Waals surface area contributed by atoms with Crippen molar-refractivity contribution in [2.24, 2.45) is 5.92 Å². The molecule has 4 heteroatoms. The van der Waals surface area contributed by atoms with Crippen LogP contribution >= 0.6 is 0 Å². The van der Waals surface area contributed by atoms with Crippen LogP contribution in [0.2, 0.25) is 0 Å². The summed E-state index contributed by atoms with van der Waals surface area (Å²) in [4.78, 5) is 5.31. The molecule has 0 aromatic rings. The third-order valence-corrected chi connectivity index (χ3v) is 4.46. The topological polar surface area (TPSA) is 27.7 Å². The van der Waals surface area contributed by atoms with Crippen LogP contribution in [0.4, 0.5) is 0 Å². The van der Waals surface area contributed by atoms with E-state index in [0.29, 0.717) is 0 Å². The van der Waals surface area contributed by atoms with Crippen molar-refractivity contribution in [1.82, 2.24) is 15.1 Å². The molecule has 0 spiro atoms. The lowest BCUT2D eigenvalue weighted by atomic mass is 9.96. The van der Waals surface area contributed by atoms with E-state index in [0.717, 1.165) is 25.2 Å². The highest BCUT2D eigenvalue weighted by Crippen LogP contribution is 2.21. The molecule has 0 atom stereocenters. The number of hydrogen-bond acceptors (Lipinski definition) is 4. The molecule has 0 aromatic carbocycles. The van der Waals surface area contributed by atoms with Crippen LogP contribution in [0.3, 0.4) is 0 Å². The summed E-state index contributed by atoms with van der Waals surface area (Å²) < 4.78 is 5.42. The number of nitrogens with one attached hydrogen (secondary N) is 1. The van der Waals surface area contributed by atoms with E-state index < -0.39 is 0 Å². The quantitative estimate of drug-likeness (QED) is 0.750. The van der Waals surface area contributed by atoms with Gasteiger partial charge in [0.05, 0.1) is 0 Å². The minimum atomic E-state index is 0.844. The first-order valence-electron chi connectivity index (χ1n) is 7.17. The molecule has 3 saturated heterocycles. The second-order valence-corrected chi connectivity index (χ2v) is 5.71. The molecule has 1 N–H and O–H groups in total. The van der Waals surface area contributed by atoms with Gasteiger partial charge in [-0.1, -0.05) is 0 Å². The zero-order chi connectivity index (χ0) is 11.5. The Morgan fingerprint density at radius 2 is 1.76 bits per heavy atom. The molecule has 0 amide bonds. The predicted molar refractivity (Wildman–Crippen MR) is 68.2 cm³/mol. The number of hydrogen-bond donors (Lipinski definition) is 1. The summed E-state index contributed by atoms with van der Waals surface area (Å²) in [6.45, 7) is 10.7. The first-order chi connectivity index (χ1) is 8.42. The molecule has 0 unspecified atom stereocenters. The molecule has 17 heavy (non-hydrogen) atoms. The van der Waals surface area contributed by atoms with Gasteiger partial charge in [0, 0.05) is 65.1 Å². The number of rotatable bonds is 3. The zero-order valence-electron chi connectivity index (χ0n) is 10.7. The lowest BCUT2D eigenvalue weighted by Gasteiger charge is -2.48. The molecule has 3 fully saturated rings. The summed E-state index contributed by atoms with van der Waals surface area (Å²) in [6.07, 6.45) is 2.55. The number of nitrogens with zero attached hydrogens (tertiary/aromatic N) is 2. The molecule has 0 bridgehead atoms. The molecule has 0 saturated carbocycles. The molecule has 98 valence electrons. The normalized spacial score (nSPS) is 30.4. The van der Waals surface area contributed by atoms with Gasteiger partial charge in [-0.2, -0.15) is 0 Å². The van der Waals surface area contributed by atoms with Crippen LogP contribution in [0.15, 0.2) is 0 Å². The summed E-state index contributed by atoms with van der Waals surface area (Å²) >= 11 is 0. The average Bonchev–Trinajstić information content (AvgIpc) is 2.36. The molecule has 0 aliphatic carbocycles. The molecule has 4 nitrogen and oxygen atoms in total. The van der Waals surface area contributed by atoms with Crippen LogP contribution in [-0.2, 0) is 4.74 Å².